The highest BCUT2D eigenvalue weighted by atomic mass is 16.3. The van der Waals surface area contributed by atoms with Crippen molar-refractivity contribution < 1.29 is 5.11 Å². The van der Waals surface area contributed by atoms with Gasteiger partial charge in [-0.2, -0.15) is 0 Å². The van der Waals surface area contributed by atoms with Gasteiger partial charge in [0.25, 0.3) is 0 Å². The second kappa shape index (κ2) is 6.72. The second-order valence-corrected chi connectivity index (χ2v) is 5.65. The van der Waals surface area contributed by atoms with Gasteiger partial charge >= 0.3 is 0 Å². The summed E-state index contributed by atoms with van der Waals surface area (Å²) in [6, 6.07) is 1.07. The Morgan fingerprint density at radius 3 is 2.53 bits per heavy atom. The molecule has 3 nitrogen and oxygen atoms in total. The minimum atomic E-state index is -0.0905. The quantitative estimate of drug-likeness (QED) is 0.786. The van der Waals surface area contributed by atoms with Crippen LogP contribution in [0.15, 0.2) is 0 Å². The van der Waals surface area contributed by atoms with E-state index in [1.54, 1.807) is 0 Å². The molecular weight excluding hydrogens is 212 g/mol. The summed E-state index contributed by atoms with van der Waals surface area (Å²) in [5, 5.41) is 13.8. The summed E-state index contributed by atoms with van der Waals surface area (Å²) in [7, 11) is 0. The summed E-state index contributed by atoms with van der Waals surface area (Å²) in [6.07, 6.45) is 8.58. The van der Waals surface area contributed by atoms with Crippen LogP contribution in [0.3, 0.4) is 0 Å². The van der Waals surface area contributed by atoms with E-state index in [1.807, 2.05) is 0 Å². The van der Waals surface area contributed by atoms with Crippen molar-refractivity contribution in [1.82, 2.24) is 10.2 Å². The molecule has 100 valence electrons. The van der Waals surface area contributed by atoms with Crippen molar-refractivity contribution in [2.75, 3.05) is 19.6 Å². The normalized spacial score (nSPS) is 35.1. The SMILES string of the molecule is CCN(CC1CCCCN1)C1CCCCC1O. The number of nitrogens with zero attached hydrogens (tertiary/aromatic N) is 1. The van der Waals surface area contributed by atoms with Crippen LogP contribution in [0.2, 0.25) is 0 Å². The molecule has 0 amide bonds. The van der Waals surface area contributed by atoms with E-state index in [2.05, 4.69) is 17.1 Å². The average molecular weight is 240 g/mol. The van der Waals surface area contributed by atoms with Crippen molar-refractivity contribution in [2.24, 2.45) is 0 Å². The Balaban J connectivity index is 1.85. The number of likely N-dealkylation sites (N-methyl/N-ethyl adjacent to an activating group) is 1. The van der Waals surface area contributed by atoms with E-state index in [0.29, 0.717) is 12.1 Å². The number of piperidine rings is 1. The lowest BCUT2D eigenvalue weighted by Gasteiger charge is -2.39. The van der Waals surface area contributed by atoms with Gasteiger partial charge in [-0.05, 0) is 38.8 Å². The van der Waals surface area contributed by atoms with Crippen LogP contribution in [0.25, 0.3) is 0 Å². The summed E-state index contributed by atoms with van der Waals surface area (Å²) < 4.78 is 0. The molecule has 0 aromatic heterocycles. The Kier molecular flexibility index (Phi) is 5.26. The molecule has 1 aliphatic heterocycles. The fourth-order valence-electron chi connectivity index (χ4n) is 3.38. The first-order valence-electron chi connectivity index (χ1n) is 7.46. The molecule has 2 fully saturated rings. The molecule has 1 saturated carbocycles. The van der Waals surface area contributed by atoms with Crippen LogP contribution in [0, 0.1) is 0 Å². The van der Waals surface area contributed by atoms with E-state index in [0.717, 1.165) is 19.5 Å². The van der Waals surface area contributed by atoms with Crippen LogP contribution in [-0.4, -0.2) is 47.8 Å². The Morgan fingerprint density at radius 2 is 1.88 bits per heavy atom. The summed E-state index contributed by atoms with van der Waals surface area (Å²) in [5.41, 5.74) is 0. The number of aliphatic hydroxyl groups excluding tert-OH is 1. The molecular formula is C14H28N2O. The number of aliphatic hydroxyl groups is 1. The highest BCUT2D eigenvalue weighted by Crippen LogP contribution is 2.24. The van der Waals surface area contributed by atoms with Gasteiger partial charge < -0.3 is 10.4 Å². The van der Waals surface area contributed by atoms with E-state index < -0.39 is 0 Å². The van der Waals surface area contributed by atoms with Gasteiger partial charge in [-0.3, -0.25) is 4.90 Å². The number of nitrogens with one attached hydrogen (secondary N) is 1. The second-order valence-electron chi connectivity index (χ2n) is 5.65. The summed E-state index contributed by atoms with van der Waals surface area (Å²) in [5.74, 6) is 0. The molecule has 0 bridgehead atoms. The van der Waals surface area contributed by atoms with Crippen molar-refractivity contribution in [2.45, 2.75) is 70.1 Å². The van der Waals surface area contributed by atoms with Crippen molar-refractivity contribution in [3.8, 4) is 0 Å². The molecule has 0 spiro atoms. The maximum atomic E-state index is 10.1. The first kappa shape index (κ1) is 13.3. The minimum absolute atomic E-state index is 0.0905. The number of hydrogen-bond donors (Lipinski definition) is 2. The van der Waals surface area contributed by atoms with Gasteiger partial charge in [0.1, 0.15) is 0 Å². The standard InChI is InChI=1S/C14H28N2O/c1-2-16(11-12-7-5-6-10-15-12)13-8-3-4-9-14(13)17/h12-15,17H,2-11H2,1H3. The van der Waals surface area contributed by atoms with Crippen molar-refractivity contribution in [3.63, 3.8) is 0 Å². The molecule has 3 unspecified atom stereocenters. The van der Waals surface area contributed by atoms with Crippen LogP contribution < -0.4 is 5.32 Å². The summed E-state index contributed by atoms with van der Waals surface area (Å²) in [4.78, 5) is 2.51. The molecule has 3 heteroatoms. The van der Waals surface area contributed by atoms with Gasteiger partial charge in [-0.15, -0.1) is 0 Å². The Bertz CT molecular complexity index is 216. The minimum Gasteiger partial charge on any atom is -0.391 e. The highest BCUT2D eigenvalue weighted by Gasteiger charge is 2.29. The Labute approximate surface area is 106 Å². The maximum Gasteiger partial charge on any atom is 0.0695 e. The molecule has 0 aromatic rings. The van der Waals surface area contributed by atoms with Crippen molar-refractivity contribution in [1.29, 1.82) is 0 Å². The van der Waals surface area contributed by atoms with Gasteiger partial charge in [0, 0.05) is 18.6 Å². The fraction of sp³-hybridized carbons (Fsp3) is 1.00. The smallest absolute Gasteiger partial charge is 0.0695 e. The van der Waals surface area contributed by atoms with Crippen LogP contribution >= 0.6 is 0 Å². The third-order valence-electron chi connectivity index (χ3n) is 4.44. The predicted molar refractivity (Wildman–Crippen MR) is 71.2 cm³/mol. The highest BCUT2D eigenvalue weighted by molar-refractivity contribution is 4.85. The lowest BCUT2D eigenvalue weighted by molar-refractivity contribution is 0.0166. The summed E-state index contributed by atoms with van der Waals surface area (Å²) in [6.45, 7) is 5.59. The molecule has 2 rings (SSSR count). The molecule has 1 heterocycles. The maximum absolute atomic E-state index is 10.1. The monoisotopic (exact) mass is 240 g/mol. The predicted octanol–water partition coefficient (Wildman–Crippen LogP) is 1.75. The van der Waals surface area contributed by atoms with Gasteiger partial charge in [-0.1, -0.05) is 26.2 Å². The molecule has 0 aromatic carbocycles. The van der Waals surface area contributed by atoms with E-state index in [1.165, 1.54) is 45.1 Å². The van der Waals surface area contributed by atoms with Crippen LogP contribution in [-0.2, 0) is 0 Å². The molecule has 1 aliphatic carbocycles. The molecule has 3 atom stereocenters. The van der Waals surface area contributed by atoms with Crippen molar-refractivity contribution in [3.05, 3.63) is 0 Å². The average Bonchev–Trinajstić information content (AvgIpc) is 2.38. The third-order valence-corrected chi connectivity index (χ3v) is 4.44. The third kappa shape index (κ3) is 3.67. The molecule has 2 N–H and O–H groups in total. The fourth-order valence-corrected chi connectivity index (χ4v) is 3.38. The number of rotatable bonds is 4. The number of hydrogen-bond acceptors (Lipinski definition) is 3. The molecule has 2 aliphatic rings. The van der Waals surface area contributed by atoms with Crippen molar-refractivity contribution >= 4 is 0 Å². The Morgan fingerprint density at radius 1 is 1.12 bits per heavy atom. The zero-order valence-corrected chi connectivity index (χ0v) is 11.2. The zero-order chi connectivity index (χ0) is 12.1. The topological polar surface area (TPSA) is 35.5 Å². The first-order chi connectivity index (χ1) is 8.31. The zero-order valence-electron chi connectivity index (χ0n) is 11.2. The Hall–Kier alpha value is -0.120. The lowest BCUT2D eigenvalue weighted by Crippen LogP contribution is -2.51. The van der Waals surface area contributed by atoms with E-state index in [4.69, 9.17) is 0 Å². The molecule has 0 radical (unpaired) electrons. The lowest BCUT2D eigenvalue weighted by atomic mass is 9.90. The summed E-state index contributed by atoms with van der Waals surface area (Å²) >= 11 is 0. The van der Waals surface area contributed by atoms with Gasteiger partial charge in [0.05, 0.1) is 6.10 Å². The first-order valence-corrected chi connectivity index (χ1v) is 7.46. The van der Waals surface area contributed by atoms with Crippen LogP contribution in [0.5, 0.6) is 0 Å². The largest absolute Gasteiger partial charge is 0.391 e. The van der Waals surface area contributed by atoms with Gasteiger partial charge in [0.2, 0.25) is 0 Å². The van der Waals surface area contributed by atoms with Crippen LogP contribution in [0.1, 0.15) is 51.9 Å². The van der Waals surface area contributed by atoms with E-state index >= 15 is 0 Å². The van der Waals surface area contributed by atoms with Gasteiger partial charge in [-0.25, -0.2) is 0 Å². The van der Waals surface area contributed by atoms with E-state index in [-0.39, 0.29) is 6.10 Å². The van der Waals surface area contributed by atoms with Crippen LogP contribution in [0.4, 0.5) is 0 Å². The molecule has 17 heavy (non-hydrogen) atoms. The van der Waals surface area contributed by atoms with Gasteiger partial charge in [0.15, 0.2) is 0 Å². The van der Waals surface area contributed by atoms with E-state index in [9.17, 15) is 5.11 Å². The molecule has 1 saturated heterocycles.